The summed E-state index contributed by atoms with van der Waals surface area (Å²) >= 11 is 0. The van der Waals surface area contributed by atoms with Gasteiger partial charge in [-0.25, -0.2) is 28.2 Å². The smallest absolute Gasteiger partial charge is 0.358 e. The van der Waals surface area contributed by atoms with Gasteiger partial charge in [-0.15, -0.1) is 0 Å². The molecule has 0 aliphatic carbocycles. The molecule has 0 N–H and O–H groups in total. The molecule has 1 radical (unpaired) electrons. The number of imidazole rings is 1. The van der Waals surface area contributed by atoms with E-state index in [2.05, 4.69) is 334 Å². The Hall–Kier alpha value is -8.77. The largest absolute Gasteiger partial charge is 0.369 e. The fraction of sp³-hybridized carbons (Fsp3) is 0.375. The Morgan fingerprint density at radius 2 is 0.722 bits per heavy atom. The molecule has 7 aromatic carbocycles. The molecular formula is C96H147N11Y+2. The Morgan fingerprint density at radius 1 is 0.352 bits per heavy atom. The number of hydrogen-bond donors (Lipinski definition) is 0. The van der Waals surface area contributed by atoms with Crippen molar-refractivity contribution in [2.45, 2.75) is 214 Å². The predicted molar refractivity (Wildman–Crippen MR) is 482 cm³/mol. The normalized spacial score (nSPS) is 10.3. The molecule has 14 aromatic rings. The van der Waals surface area contributed by atoms with Crippen molar-refractivity contribution in [2.75, 3.05) is 16.8 Å². The van der Waals surface area contributed by atoms with Gasteiger partial charge < -0.3 is 17.2 Å². The Kier molecular flexibility index (Phi) is 57.0. The van der Waals surface area contributed by atoms with Crippen molar-refractivity contribution in [2.24, 2.45) is 28.2 Å². The SMILES string of the molecule is C.CC.CC.CC.CC.CC.CC.CC.CC.CC.CC.CC.CC.Cc1cccc2c3ccccc3n(-c3cccc[n+]3C)c12.Cc1cccc2c3ccccc3n(-c3n(C)cc[n+]3C)c12.Cc1ccccc1-n1c2ccccc2c2ccc[n+](C)c21.Cc1ccccc1N1c2cncnc2N(C)[C@@H]1C.[CH3-].[Y]. The molecule has 1 aliphatic heterocycles. The molecule has 587 valence electrons. The molecule has 12 heteroatoms. The van der Waals surface area contributed by atoms with Crippen molar-refractivity contribution in [3.8, 4) is 17.5 Å². The van der Waals surface area contributed by atoms with E-state index in [1.165, 1.54) is 105 Å². The van der Waals surface area contributed by atoms with Crippen LogP contribution >= 0.6 is 0 Å². The number of benzene rings is 7. The molecule has 0 fully saturated rings. The first-order valence-electron chi connectivity index (χ1n) is 39.7. The van der Waals surface area contributed by atoms with Gasteiger partial charge in [-0.2, -0.15) is 13.7 Å². The maximum Gasteiger partial charge on any atom is 0.369 e. The van der Waals surface area contributed by atoms with E-state index in [4.69, 9.17) is 0 Å². The first-order valence-corrected chi connectivity index (χ1v) is 39.7. The fourth-order valence-electron chi connectivity index (χ4n) is 12.1. The molecule has 15 rings (SSSR count). The second-order valence-electron chi connectivity index (χ2n) is 21.3. The van der Waals surface area contributed by atoms with Crippen LogP contribution in [-0.4, -0.2) is 41.4 Å². The number of hydrogen-bond acceptors (Lipinski definition) is 4. The van der Waals surface area contributed by atoms with Crippen LogP contribution in [0.4, 0.5) is 17.2 Å². The van der Waals surface area contributed by atoms with Crippen molar-refractivity contribution >= 4 is 82.7 Å². The van der Waals surface area contributed by atoms with Crippen molar-refractivity contribution in [3.63, 3.8) is 0 Å². The maximum absolute atomic E-state index is 4.37. The molecular weight excluding hydrogens is 1400 g/mol. The third kappa shape index (κ3) is 24.6. The van der Waals surface area contributed by atoms with Crippen LogP contribution in [0.15, 0.2) is 225 Å². The summed E-state index contributed by atoms with van der Waals surface area (Å²) in [4.78, 5) is 13.0. The van der Waals surface area contributed by atoms with Gasteiger partial charge in [-0.3, -0.25) is 0 Å². The molecule has 0 saturated carbocycles. The van der Waals surface area contributed by atoms with Gasteiger partial charge in [0.25, 0.3) is 11.5 Å². The number of anilines is 3. The van der Waals surface area contributed by atoms with E-state index in [1.54, 1.807) is 6.33 Å². The zero-order valence-corrected chi connectivity index (χ0v) is 76.3. The third-order valence-corrected chi connectivity index (χ3v) is 16.1. The predicted octanol–water partition coefficient (Wildman–Crippen LogP) is 27.2. The number of fused-ring (bicyclic) bond motifs is 10. The second-order valence-corrected chi connectivity index (χ2v) is 21.3. The molecule has 0 saturated heterocycles. The molecule has 0 bridgehead atoms. The first-order chi connectivity index (χ1) is 51.4. The van der Waals surface area contributed by atoms with Crippen LogP contribution in [0.2, 0.25) is 0 Å². The Morgan fingerprint density at radius 3 is 1.18 bits per heavy atom. The summed E-state index contributed by atoms with van der Waals surface area (Å²) in [6, 6.07) is 66.5. The van der Waals surface area contributed by atoms with Crippen molar-refractivity contribution in [1.29, 1.82) is 0 Å². The Bertz CT molecular complexity index is 4480. The van der Waals surface area contributed by atoms with Crippen LogP contribution in [0.25, 0.3) is 83.0 Å². The Labute approximate surface area is 684 Å². The monoisotopic (exact) mass is 1540 g/mol. The second kappa shape index (κ2) is 58.3. The van der Waals surface area contributed by atoms with Crippen molar-refractivity contribution in [3.05, 3.63) is 255 Å². The number of aryl methyl sites for hydroxylation is 8. The van der Waals surface area contributed by atoms with E-state index in [-0.39, 0.29) is 53.7 Å². The molecule has 108 heavy (non-hydrogen) atoms. The quantitative estimate of drug-likeness (QED) is 0.130. The minimum Gasteiger partial charge on any atom is -0.358 e. The average Bonchev–Trinajstić information content (AvgIpc) is 1.61. The van der Waals surface area contributed by atoms with E-state index < -0.39 is 0 Å². The van der Waals surface area contributed by atoms with Gasteiger partial charge >= 0.3 is 5.95 Å². The molecule has 0 unspecified atom stereocenters. The van der Waals surface area contributed by atoms with Gasteiger partial charge in [0.2, 0.25) is 0 Å². The fourth-order valence-corrected chi connectivity index (χ4v) is 12.1. The van der Waals surface area contributed by atoms with Crippen LogP contribution in [0.1, 0.15) is 203 Å². The average molecular weight is 1540 g/mol. The summed E-state index contributed by atoms with van der Waals surface area (Å²) in [6.45, 7) is 58.8. The van der Waals surface area contributed by atoms with E-state index in [9.17, 15) is 0 Å². The van der Waals surface area contributed by atoms with Gasteiger partial charge in [0.1, 0.15) is 51.5 Å². The van der Waals surface area contributed by atoms with E-state index in [0.29, 0.717) is 0 Å². The first kappa shape index (κ1) is 106. The Balaban J connectivity index is -0.000000605. The molecule has 7 aromatic heterocycles. The molecule has 1 aliphatic rings. The summed E-state index contributed by atoms with van der Waals surface area (Å²) in [5.41, 5.74) is 16.2. The molecule has 0 spiro atoms. The number of aromatic nitrogens is 9. The summed E-state index contributed by atoms with van der Waals surface area (Å²) < 4.78 is 15.8. The van der Waals surface area contributed by atoms with Gasteiger partial charge in [-0.1, -0.05) is 289 Å². The number of para-hydroxylation sites is 7. The zero-order chi connectivity index (χ0) is 80.1. The number of pyridine rings is 2. The summed E-state index contributed by atoms with van der Waals surface area (Å²) in [7, 11) is 10.4. The third-order valence-electron chi connectivity index (χ3n) is 16.1. The van der Waals surface area contributed by atoms with Crippen LogP contribution in [0, 0.1) is 35.1 Å². The van der Waals surface area contributed by atoms with Crippen molar-refractivity contribution < 1.29 is 46.4 Å². The van der Waals surface area contributed by atoms with Crippen LogP contribution in [0.5, 0.6) is 0 Å². The van der Waals surface area contributed by atoms with Gasteiger partial charge in [0.05, 0.1) is 64.6 Å². The minimum absolute atomic E-state index is 0. The van der Waals surface area contributed by atoms with Gasteiger partial charge in [-0.05, 0) is 124 Å². The molecule has 11 nitrogen and oxygen atoms in total. The van der Waals surface area contributed by atoms with Gasteiger partial charge in [0, 0.05) is 78.4 Å². The van der Waals surface area contributed by atoms with Crippen LogP contribution < -0.4 is 23.5 Å². The molecule has 0 amide bonds. The number of nitrogens with zero attached hydrogens (tertiary/aromatic N) is 11. The maximum atomic E-state index is 4.37. The minimum atomic E-state index is 0. The van der Waals surface area contributed by atoms with E-state index >= 15 is 0 Å². The van der Waals surface area contributed by atoms with Crippen LogP contribution in [-0.2, 0) is 60.9 Å². The topological polar surface area (TPSA) is 63.6 Å². The van der Waals surface area contributed by atoms with Crippen molar-refractivity contribution in [1.82, 2.24) is 28.2 Å². The summed E-state index contributed by atoms with van der Waals surface area (Å²) in [6.07, 6.45) is 12.1. The summed E-state index contributed by atoms with van der Waals surface area (Å²) in [5, 5.41) is 7.82. The molecule has 8 heterocycles. The van der Waals surface area contributed by atoms with E-state index in [1.807, 2.05) is 172 Å². The number of rotatable bonds is 4. The van der Waals surface area contributed by atoms with Crippen LogP contribution in [0.3, 0.4) is 0 Å². The zero-order valence-electron chi connectivity index (χ0n) is 73.4. The van der Waals surface area contributed by atoms with E-state index in [0.717, 1.165) is 17.5 Å². The standard InChI is InChI=1S/2C19H17N2.C18H18N3.C14H16N4.12C2H6.CH4.CH3.Y/c1-14-8-3-5-11-17(14)21-18-12-6-4-9-15(18)16-10-7-13-20(2)19(16)21;1-14-8-7-10-16-15-9-3-4-11-17(15)21(19(14)16)18-12-5-6-13-20(18)2;1-13-7-6-9-15-14-8-4-5-10-16(14)21(17(13)15)18-19(2)11-12-20(18)3;1-10-6-4-5-7-12(10)18-11(2)17(3)14-13(18)8-15-9-16-14;12*1-2;;;/h2*3-13H,1-2H3;4-12H,1-3H3;4-9,11H,1-3H3;12*1-2H3;1H4;1H3;/q3*+1;;;;;;;;;;;;;;;-1;/t;;;11-;;;;;;;;;;;;;;;/m...0.............../s1. The van der Waals surface area contributed by atoms with Gasteiger partial charge in [0.15, 0.2) is 5.82 Å². The summed E-state index contributed by atoms with van der Waals surface area (Å²) in [5.74, 6) is 3.33. The molecule has 1 atom stereocenters.